The Morgan fingerprint density at radius 1 is 1.50 bits per heavy atom. The first-order chi connectivity index (χ1) is 10.6. The van der Waals surface area contributed by atoms with Crippen LogP contribution >= 0.6 is 0 Å². The van der Waals surface area contributed by atoms with Crippen LogP contribution in [-0.4, -0.2) is 29.7 Å². The maximum absolute atomic E-state index is 11.5. The maximum atomic E-state index is 11.5. The fraction of sp³-hybridized carbons (Fsp3) is 0.312. The van der Waals surface area contributed by atoms with Crippen molar-refractivity contribution in [3.63, 3.8) is 0 Å². The molecule has 1 N–H and O–H groups in total. The van der Waals surface area contributed by atoms with E-state index in [0.29, 0.717) is 29.1 Å². The number of nitrogens with zero attached hydrogens (tertiary/aromatic N) is 1. The quantitative estimate of drug-likeness (QED) is 0.401. The van der Waals surface area contributed by atoms with Gasteiger partial charge in [-0.2, -0.15) is 0 Å². The zero-order valence-electron chi connectivity index (χ0n) is 12.2. The van der Waals surface area contributed by atoms with Gasteiger partial charge in [0.2, 0.25) is 0 Å². The molecule has 1 aromatic rings. The molecule has 6 heteroatoms. The number of amides is 1. The average Bonchev–Trinajstić information content (AvgIpc) is 3.18. The van der Waals surface area contributed by atoms with Gasteiger partial charge in [-0.15, -0.1) is 6.58 Å². The number of ether oxygens (including phenoxy) is 1. The summed E-state index contributed by atoms with van der Waals surface area (Å²) in [6, 6.07) is 5.21. The van der Waals surface area contributed by atoms with Crippen LogP contribution in [0.4, 0.5) is 4.79 Å². The van der Waals surface area contributed by atoms with Gasteiger partial charge in [0.1, 0.15) is 11.5 Å². The molecule has 3 rings (SSSR count). The summed E-state index contributed by atoms with van der Waals surface area (Å²) in [6.07, 6.45) is 2.52. The van der Waals surface area contributed by atoms with Crippen LogP contribution < -0.4 is 10.1 Å². The van der Waals surface area contributed by atoms with Crippen molar-refractivity contribution in [2.24, 2.45) is 5.16 Å². The van der Waals surface area contributed by atoms with Crippen molar-refractivity contribution in [2.45, 2.75) is 25.4 Å². The molecule has 6 nitrogen and oxygen atoms in total. The van der Waals surface area contributed by atoms with E-state index in [1.54, 1.807) is 24.3 Å². The van der Waals surface area contributed by atoms with Crippen LogP contribution in [0.3, 0.4) is 0 Å². The highest BCUT2D eigenvalue weighted by Gasteiger charge is 2.56. The molecule has 1 saturated carbocycles. The Morgan fingerprint density at radius 3 is 2.91 bits per heavy atom. The van der Waals surface area contributed by atoms with Crippen LogP contribution in [0.15, 0.2) is 36.0 Å². The summed E-state index contributed by atoms with van der Waals surface area (Å²) >= 11 is 0. The van der Waals surface area contributed by atoms with Gasteiger partial charge in [-0.3, -0.25) is 9.63 Å². The molecule has 1 aliphatic heterocycles. The number of benzene rings is 1. The van der Waals surface area contributed by atoms with Crippen molar-refractivity contribution in [1.82, 2.24) is 5.32 Å². The summed E-state index contributed by atoms with van der Waals surface area (Å²) in [7, 11) is 0. The van der Waals surface area contributed by atoms with Crippen molar-refractivity contribution in [2.75, 3.05) is 6.54 Å². The molecule has 0 radical (unpaired) electrons. The number of ketones is 1. The monoisotopic (exact) mass is 300 g/mol. The highest BCUT2D eigenvalue weighted by atomic mass is 16.7. The van der Waals surface area contributed by atoms with Gasteiger partial charge in [0.25, 0.3) is 0 Å². The largest absolute Gasteiger partial charge is 0.480 e. The van der Waals surface area contributed by atoms with E-state index in [1.165, 1.54) is 6.92 Å². The molecule has 0 saturated heterocycles. The second-order valence-corrected chi connectivity index (χ2v) is 5.35. The van der Waals surface area contributed by atoms with Crippen LogP contribution in [-0.2, 0) is 4.84 Å². The van der Waals surface area contributed by atoms with Gasteiger partial charge in [-0.1, -0.05) is 11.2 Å². The van der Waals surface area contributed by atoms with Crippen molar-refractivity contribution < 1.29 is 19.2 Å². The molecule has 2 aliphatic rings. The second kappa shape index (κ2) is 5.29. The van der Waals surface area contributed by atoms with Crippen molar-refractivity contribution >= 4 is 17.6 Å². The lowest BCUT2D eigenvalue weighted by Gasteiger charge is -2.07. The molecule has 22 heavy (non-hydrogen) atoms. The number of nitrogens with one attached hydrogen (secondary N) is 1. The lowest BCUT2D eigenvalue weighted by atomic mass is 10.0. The fourth-order valence-corrected chi connectivity index (χ4v) is 2.39. The Hall–Kier alpha value is -2.63. The summed E-state index contributed by atoms with van der Waals surface area (Å²) in [5.41, 5.74) is 1.35. The Labute approximate surface area is 127 Å². The maximum Gasteiger partial charge on any atom is 0.433 e. The lowest BCUT2D eigenvalue weighted by Crippen LogP contribution is -2.26. The lowest BCUT2D eigenvalue weighted by molar-refractivity contribution is 0.101. The van der Waals surface area contributed by atoms with E-state index >= 15 is 0 Å². The van der Waals surface area contributed by atoms with Gasteiger partial charge < -0.3 is 10.1 Å². The summed E-state index contributed by atoms with van der Waals surface area (Å²) < 4.78 is 5.90. The van der Waals surface area contributed by atoms with Gasteiger partial charge in [-0.05, 0) is 38.0 Å². The molecule has 1 fully saturated rings. The van der Waals surface area contributed by atoms with E-state index in [-0.39, 0.29) is 5.78 Å². The molecule has 0 atom stereocenters. The third-order valence-electron chi connectivity index (χ3n) is 3.69. The predicted molar refractivity (Wildman–Crippen MR) is 80.3 cm³/mol. The van der Waals surface area contributed by atoms with Crippen LogP contribution in [0, 0.1) is 0 Å². The van der Waals surface area contributed by atoms with E-state index in [9.17, 15) is 9.59 Å². The number of rotatable bonds is 4. The van der Waals surface area contributed by atoms with Gasteiger partial charge in [-0.25, -0.2) is 4.79 Å². The van der Waals surface area contributed by atoms with Gasteiger partial charge in [0, 0.05) is 17.7 Å². The van der Waals surface area contributed by atoms with Gasteiger partial charge in [0.05, 0.1) is 0 Å². The normalized spacial score (nSPS) is 18.5. The third kappa shape index (κ3) is 2.47. The highest BCUT2D eigenvalue weighted by molar-refractivity contribution is 6.14. The van der Waals surface area contributed by atoms with E-state index in [4.69, 9.17) is 9.57 Å². The molecule has 0 bridgehead atoms. The van der Waals surface area contributed by atoms with E-state index in [0.717, 1.165) is 12.8 Å². The Bertz CT molecular complexity index is 689. The zero-order valence-corrected chi connectivity index (χ0v) is 12.2. The Morgan fingerprint density at radius 2 is 2.27 bits per heavy atom. The molecule has 0 unspecified atom stereocenters. The fourth-order valence-electron chi connectivity index (χ4n) is 2.39. The highest BCUT2D eigenvalue weighted by Crippen LogP contribution is 2.50. The number of hydrogen-bond donors (Lipinski definition) is 1. The molecule has 1 heterocycles. The van der Waals surface area contributed by atoms with E-state index in [2.05, 4.69) is 17.1 Å². The third-order valence-corrected chi connectivity index (χ3v) is 3.69. The summed E-state index contributed by atoms with van der Waals surface area (Å²) in [5.74, 6) is 0.625. The SMILES string of the molecule is C=CCNC(=O)O/N=C1/c2cc(C(C)=O)ccc2OC12CC2. The number of hydrogen-bond acceptors (Lipinski definition) is 5. The zero-order chi connectivity index (χ0) is 15.7. The van der Waals surface area contributed by atoms with Crippen LogP contribution in [0.2, 0.25) is 0 Å². The molecular weight excluding hydrogens is 284 g/mol. The number of oxime groups is 1. The molecule has 0 aromatic heterocycles. The standard InChI is InChI=1S/C16H16N2O4/c1-3-8-17-15(20)22-18-14-12-9-11(10(2)19)4-5-13(12)21-16(14)6-7-16/h3-5,9H,1,6-8H2,2H3,(H,17,20)/b18-14-. The number of carbonyl (C=O) groups is 2. The molecule has 1 aliphatic carbocycles. The minimum Gasteiger partial charge on any atom is -0.480 e. The Balaban J connectivity index is 1.87. The number of fused-ring (bicyclic) bond motifs is 1. The van der Waals surface area contributed by atoms with Crippen LogP contribution in [0.5, 0.6) is 5.75 Å². The molecule has 1 amide bonds. The first-order valence-electron chi connectivity index (χ1n) is 7.04. The van der Waals surface area contributed by atoms with Crippen molar-refractivity contribution in [3.8, 4) is 5.75 Å². The van der Waals surface area contributed by atoms with Crippen molar-refractivity contribution in [1.29, 1.82) is 0 Å². The minimum absolute atomic E-state index is 0.0384. The molecule has 1 aromatic carbocycles. The Kier molecular flexibility index (Phi) is 3.44. The van der Waals surface area contributed by atoms with Crippen molar-refractivity contribution in [3.05, 3.63) is 42.0 Å². The van der Waals surface area contributed by atoms with Crippen LogP contribution in [0.1, 0.15) is 35.7 Å². The first kappa shape index (κ1) is 14.3. The summed E-state index contributed by atoms with van der Waals surface area (Å²) in [5, 5.41) is 6.44. The van der Waals surface area contributed by atoms with Gasteiger partial charge in [0.15, 0.2) is 11.4 Å². The first-order valence-corrected chi connectivity index (χ1v) is 7.04. The summed E-state index contributed by atoms with van der Waals surface area (Å²) in [4.78, 5) is 27.9. The predicted octanol–water partition coefficient (Wildman–Crippen LogP) is 2.43. The van der Waals surface area contributed by atoms with E-state index < -0.39 is 11.7 Å². The molecule has 114 valence electrons. The molecular formula is C16H16N2O4. The average molecular weight is 300 g/mol. The minimum atomic E-state index is -0.653. The second-order valence-electron chi connectivity index (χ2n) is 5.35. The van der Waals surface area contributed by atoms with Crippen LogP contribution in [0.25, 0.3) is 0 Å². The summed E-state index contributed by atoms with van der Waals surface area (Å²) in [6.45, 7) is 5.30. The molecule has 1 spiro atoms. The smallest absolute Gasteiger partial charge is 0.433 e. The number of carbonyl (C=O) groups excluding carboxylic acids is 2. The topological polar surface area (TPSA) is 77.0 Å². The number of Topliss-reactive ketones (excluding diaryl/α,β-unsaturated/α-hetero) is 1. The van der Waals surface area contributed by atoms with Gasteiger partial charge >= 0.3 is 6.09 Å². The van der Waals surface area contributed by atoms with E-state index in [1.807, 2.05) is 0 Å².